The second kappa shape index (κ2) is 5.26. The molecule has 0 saturated heterocycles. The summed E-state index contributed by atoms with van der Waals surface area (Å²) in [5, 5.41) is 11.2. The normalized spacial score (nSPS) is 10.9. The Kier molecular flexibility index (Phi) is 3.45. The van der Waals surface area contributed by atoms with E-state index in [2.05, 4.69) is 15.2 Å². The van der Waals surface area contributed by atoms with E-state index in [1.165, 1.54) is 0 Å². The molecule has 7 heteroatoms. The molecule has 2 heterocycles. The summed E-state index contributed by atoms with van der Waals surface area (Å²) in [5.74, 6) is 0. The number of hydrogen-bond acceptors (Lipinski definition) is 7. The third-order valence-corrected chi connectivity index (χ3v) is 5.02. The van der Waals surface area contributed by atoms with Crippen LogP contribution in [0.5, 0.6) is 0 Å². The Morgan fingerprint density at radius 1 is 1.20 bits per heavy atom. The summed E-state index contributed by atoms with van der Waals surface area (Å²) in [6, 6.07) is 5.95. The Morgan fingerprint density at radius 2 is 2.05 bits per heavy atom. The van der Waals surface area contributed by atoms with Crippen molar-refractivity contribution < 1.29 is 0 Å². The van der Waals surface area contributed by atoms with Gasteiger partial charge in [0.25, 0.3) is 0 Å². The highest BCUT2D eigenvalue weighted by Gasteiger charge is 2.11. The van der Waals surface area contributed by atoms with Crippen molar-refractivity contribution in [2.45, 2.75) is 9.24 Å². The molecule has 1 aromatic carbocycles. The largest absolute Gasteiger partial charge is 0.397 e. The maximum atomic E-state index is 6.23. The first-order chi connectivity index (χ1) is 9.65. The van der Waals surface area contributed by atoms with E-state index in [-0.39, 0.29) is 0 Å². The number of nitrogens with zero attached hydrogens (tertiary/aromatic N) is 4. The molecule has 3 rings (SSSR count). The minimum absolute atomic E-state index is 0.761. The fraction of sp³-hybridized carbons (Fsp3) is 0.154. The average Bonchev–Trinajstić information content (AvgIpc) is 2.91. The third kappa shape index (κ3) is 2.41. The molecule has 20 heavy (non-hydrogen) atoms. The van der Waals surface area contributed by atoms with E-state index < -0.39 is 0 Å². The monoisotopic (exact) mass is 303 g/mol. The average molecular weight is 303 g/mol. The second-order valence-corrected chi connectivity index (χ2v) is 6.67. The molecule has 0 unspecified atom stereocenters. The molecule has 2 aromatic heterocycles. The van der Waals surface area contributed by atoms with Crippen LogP contribution in [0, 0.1) is 0 Å². The van der Waals surface area contributed by atoms with Crippen molar-refractivity contribution in [1.29, 1.82) is 0 Å². The Balaban J connectivity index is 1.96. The van der Waals surface area contributed by atoms with Crippen molar-refractivity contribution in [2.75, 3.05) is 24.7 Å². The Bertz CT molecular complexity index is 753. The smallest absolute Gasteiger partial charge is 0.208 e. The van der Waals surface area contributed by atoms with Crippen molar-refractivity contribution >= 4 is 44.7 Å². The van der Waals surface area contributed by atoms with Crippen molar-refractivity contribution in [3.8, 4) is 0 Å². The van der Waals surface area contributed by atoms with Crippen LogP contribution in [0.15, 0.2) is 39.8 Å². The number of rotatable bonds is 3. The fourth-order valence-electron chi connectivity index (χ4n) is 1.78. The highest BCUT2D eigenvalue weighted by atomic mass is 32.2. The SMILES string of the molecule is CN(C)c1nnc(Sc2ccc3cnccc3c2N)s1. The number of nitrogen functional groups attached to an aromatic ring is 1. The van der Waals surface area contributed by atoms with Crippen molar-refractivity contribution in [3.63, 3.8) is 0 Å². The van der Waals surface area contributed by atoms with Crippen LogP contribution in [0.25, 0.3) is 10.8 Å². The Morgan fingerprint density at radius 3 is 2.80 bits per heavy atom. The summed E-state index contributed by atoms with van der Waals surface area (Å²) in [6.45, 7) is 0. The molecule has 0 amide bonds. The molecule has 0 radical (unpaired) electrons. The van der Waals surface area contributed by atoms with E-state index >= 15 is 0 Å². The molecular formula is C13H13N5S2. The lowest BCUT2D eigenvalue weighted by atomic mass is 10.1. The van der Waals surface area contributed by atoms with Gasteiger partial charge in [-0.15, -0.1) is 10.2 Å². The van der Waals surface area contributed by atoms with E-state index in [9.17, 15) is 0 Å². The zero-order valence-corrected chi connectivity index (χ0v) is 12.7. The maximum Gasteiger partial charge on any atom is 0.208 e. The molecule has 2 N–H and O–H groups in total. The van der Waals surface area contributed by atoms with E-state index in [1.807, 2.05) is 43.4 Å². The lowest BCUT2D eigenvalue weighted by molar-refractivity contribution is 0.973. The summed E-state index contributed by atoms with van der Waals surface area (Å²) in [4.78, 5) is 7.03. The van der Waals surface area contributed by atoms with Gasteiger partial charge in [-0.05, 0) is 12.1 Å². The first-order valence-electron chi connectivity index (χ1n) is 5.96. The predicted octanol–water partition coefficient (Wildman–Crippen LogP) is 2.89. The molecular weight excluding hydrogens is 290 g/mol. The Labute approximate surface area is 124 Å². The van der Waals surface area contributed by atoms with Crippen molar-refractivity contribution in [2.24, 2.45) is 0 Å². The zero-order valence-electron chi connectivity index (χ0n) is 11.1. The van der Waals surface area contributed by atoms with Crippen LogP contribution >= 0.6 is 23.1 Å². The summed E-state index contributed by atoms with van der Waals surface area (Å²) in [6.07, 6.45) is 3.57. The number of fused-ring (bicyclic) bond motifs is 1. The topological polar surface area (TPSA) is 67.9 Å². The van der Waals surface area contributed by atoms with E-state index in [0.717, 1.165) is 30.8 Å². The fourth-order valence-corrected chi connectivity index (χ4v) is 3.57. The molecule has 0 spiro atoms. The highest BCUT2D eigenvalue weighted by molar-refractivity contribution is 8.01. The zero-order chi connectivity index (χ0) is 14.1. The number of aromatic nitrogens is 3. The van der Waals surface area contributed by atoms with Gasteiger partial charge in [0.1, 0.15) is 0 Å². The van der Waals surface area contributed by atoms with Crippen LogP contribution < -0.4 is 10.6 Å². The van der Waals surface area contributed by atoms with Crippen LogP contribution in [-0.2, 0) is 0 Å². The molecule has 0 saturated carbocycles. The standard InChI is InChI=1S/C13H13N5S2/c1-18(2)12-16-17-13(20-12)19-10-4-3-8-7-15-6-5-9(8)11(10)14/h3-7H,14H2,1-2H3. The van der Waals surface area contributed by atoms with Gasteiger partial charge >= 0.3 is 0 Å². The highest BCUT2D eigenvalue weighted by Crippen LogP contribution is 2.38. The predicted molar refractivity (Wildman–Crippen MR) is 84.5 cm³/mol. The number of benzene rings is 1. The lowest BCUT2D eigenvalue weighted by Gasteiger charge is -2.06. The molecule has 3 aromatic rings. The second-order valence-electron chi connectivity index (χ2n) is 4.42. The number of pyridine rings is 1. The quantitative estimate of drug-likeness (QED) is 0.750. The van der Waals surface area contributed by atoms with E-state index in [4.69, 9.17) is 5.73 Å². The summed E-state index contributed by atoms with van der Waals surface area (Å²) < 4.78 is 0.883. The first-order valence-corrected chi connectivity index (χ1v) is 7.59. The lowest BCUT2D eigenvalue weighted by Crippen LogP contribution is -2.07. The molecule has 0 fully saturated rings. The maximum absolute atomic E-state index is 6.23. The van der Waals surface area contributed by atoms with Gasteiger partial charge in [-0.1, -0.05) is 29.2 Å². The van der Waals surface area contributed by atoms with Crippen LogP contribution in [0.1, 0.15) is 0 Å². The van der Waals surface area contributed by atoms with Crippen LogP contribution in [0.2, 0.25) is 0 Å². The van der Waals surface area contributed by atoms with E-state index in [0.29, 0.717) is 0 Å². The van der Waals surface area contributed by atoms with Gasteiger partial charge in [0.15, 0.2) is 4.34 Å². The summed E-state index contributed by atoms with van der Waals surface area (Å²) >= 11 is 3.09. The molecule has 0 aliphatic rings. The van der Waals surface area contributed by atoms with Crippen LogP contribution in [0.3, 0.4) is 0 Å². The van der Waals surface area contributed by atoms with Crippen LogP contribution in [0.4, 0.5) is 10.8 Å². The van der Waals surface area contributed by atoms with Gasteiger partial charge in [0.05, 0.1) is 5.69 Å². The van der Waals surface area contributed by atoms with Gasteiger partial charge in [0, 0.05) is 42.2 Å². The third-order valence-electron chi connectivity index (χ3n) is 2.80. The van der Waals surface area contributed by atoms with Gasteiger partial charge in [0.2, 0.25) is 5.13 Å². The minimum atomic E-state index is 0.761. The summed E-state index contributed by atoms with van der Waals surface area (Å²) in [7, 11) is 3.90. The van der Waals surface area contributed by atoms with Crippen LogP contribution in [-0.4, -0.2) is 29.3 Å². The van der Waals surface area contributed by atoms with Gasteiger partial charge < -0.3 is 10.6 Å². The summed E-state index contributed by atoms with van der Waals surface area (Å²) in [5.41, 5.74) is 6.99. The molecule has 5 nitrogen and oxygen atoms in total. The molecule has 0 atom stereocenters. The van der Waals surface area contributed by atoms with E-state index in [1.54, 1.807) is 29.3 Å². The van der Waals surface area contributed by atoms with Gasteiger partial charge in [-0.3, -0.25) is 4.98 Å². The number of anilines is 2. The molecule has 0 bridgehead atoms. The van der Waals surface area contributed by atoms with Gasteiger partial charge in [-0.2, -0.15) is 0 Å². The van der Waals surface area contributed by atoms with Crippen molar-refractivity contribution in [1.82, 2.24) is 15.2 Å². The molecule has 0 aliphatic carbocycles. The van der Waals surface area contributed by atoms with Crippen molar-refractivity contribution in [3.05, 3.63) is 30.6 Å². The first kappa shape index (κ1) is 13.1. The minimum Gasteiger partial charge on any atom is -0.397 e. The number of hydrogen-bond donors (Lipinski definition) is 1. The number of nitrogens with two attached hydrogens (primary N) is 1. The molecule has 0 aliphatic heterocycles. The Hall–Kier alpha value is -1.86. The molecule has 102 valence electrons. The van der Waals surface area contributed by atoms with Gasteiger partial charge in [-0.25, -0.2) is 0 Å².